The van der Waals surface area contributed by atoms with E-state index in [2.05, 4.69) is 4.89 Å². The van der Waals surface area contributed by atoms with E-state index in [-0.39, 0.29) is 6.61 Å². The van der Waals surface area contributed by atoms with E-state index in [4.69, 9.17) is 14.4 Å². The molecule has 0 fully saturated rings. The van der Waals surface area contributed by atoms with Gasteiger partial charge in [0, 0.05) is 0 Å². The van der Waals surface area contributed by atoms with Crippen LogP contribution in [0.2, 0.25) is 0 Å². The Balaban J connectivity index is 4.11. The highest BCUT2D eigenvalue weighted by atomic mass is 17.2. The van der Waals surface area contributed by atoms with Crippen molar-refractivity contribution < 1.29 is 24.0 Å². The fraction of sp³-hybridized carbons (Fsp3) is 0.700. The molecule has 0 saturated heterocycles. The summed E-state index contributed by atoms with van der Waals surface area (Å²) in [5.74, 6) is -0.453. The highest BCUT2D eigenvalue weighted by Crippen LogP contribution is 2.01. The zero-order valence-corrected chi connectivity index (χ0v) is 9.45. The molecular weight excluding hydrogens is 200 g/mol. The average Bonchev–Trinajstić information content (AvgIpc) is 2.23. The molecule has 0 spiro atoms. The maximum atomic E-state index is 11.3. The van der Waals surface area contributed by atoms with E-state index in [0.717, 1.165) is 0 Å². The van der Waals surface area contributed by atoms with Gasteiger partial charge < -0.3 is 9.47 Å². The van der Waals surface area contributed by atoms with Gasteiger partial charge in [0.05, 0.1) is 26.1 Å². The van der Waals surface area contributed by atoms with Gasteiger partial charge in [-0.1, -0.05) is 0 Å². The van der Waals surface area contributed by atoms with Gasteiger partial charge in [0.15, 0.2) is 0 Å². The van der Waals surface area contributed by atoms with Crippen LogP contribution in [0.1, 0.15) is 20.8 Å². The van der Waals surface area contributed by atoms with Crippen LogP contribution in [-0.4, -0.2) is 32.4 Å². The van der Waals surface area contributed by atoms with E-state index in [9.17, 15) is 4.79 Å². The first-order chi connectivity index (χ1) is 7.26. The van der Waals surface area contributed by atoms with Gasteiger partial charge in [-0.2, -0.15) is 0 Å². The first-order valence-corrected chi connectivity index (χ1v) is 4.98. The van der Waals surface area contributed by atoms with Gasteiger partial charge in [0.2, 0.25) is 0 Å². The number of hydrogen-bond acceptors (Lipinski definition) is 5. The molecule has 0 radical (unpaired) electrons. The molecule has 0 unspecified atom stereocenters. The molecule has 0 aliphatic heterocycles. The zero-order valence-electron chi connectivity index (χ0n) is 9.45. The molecular formula is C10H18O5. The van der Waals surface area contributed by atoms with Gasteiger partial charge >= 0.3 is 5.97 Å². The second kappa shape index (κ2) is 9.48. The van der Waals surface area contributed by atoms with Crippen molar-refractivity contribution in [3.8, 4) is 0 Å². The molecule has 5 nitrogen and oxygen atoms in total. The van der Waals surface area contributed by atoms with Crippen molar-refractivity contribution in [2.24, 2.45) is 0 Å². The summed E-state index contributed by atoms with van der Waals surface area (Å²) in [4.78, 5) is 20.8. The van der Waals surface area contributed by atoms with Gasteiger partial charge in [-0.3, -0.25) is 0 Å². The molecule has 0 heterocycles. The lowest BCUT2D eigenvalue weighted by Crippen LogP contribution is -2.13. The van der Waals surface area contributed by atoms with Crippen LogP contribution in [0.4, 0.5) is 0 Å². The van der Waals surface area contributed by atoms with Crippen molar-refractivity contribution >= 4 is 5.97 Å². The summed E-state index contributed by atoms with van der Waals surface area (Å²) in [6.45, 7) is 6.59. The first-order valence-electron chi connectivity index (χ1n) is 4.98. The quantitative estimate of drug-likeness (QED) is 0.154. The fourth-order valence-corrected chi connectivity index (χ4v) is 0.737. The van der Waals surface area contributed by atoms with Crippen LogP contribution in [0.15, 0.2) is 11.8 Å². The van der Waals surface area contributed by atoms with Crippen molar-refractivity contribution in [3.05, 3.63) is 11.8 Å². The largest absolute Gasteiger partial charge is 0.501 e. The number of ether oxygens (including phenoxy) is 2. The Morgan fingerprint density at radius 1 is 1.07 bits per heavy atom. The number of rotatable bonds is 8. The Kier molecular flexibility index (Phi) is 8.81. The van der Waals surface area contributed by atoms with Crippen LogP contribution in [0.5, 0.6) is 0 Å². The summed E-state index contributed by atoms with van der Waals surface area (Å²) in [6, 6.07) is 0. The third-order valence-electron chi connectivity index (χ3n) is 1.35. The van der Waals surface area contributed by atoms with Crippen molar-refractivity contribution in [1.82, 2.24) is 0 Å². The maximum Gasteiger partial charge on any atom is 0.339 e. The zero-order chi connectivity index (χ0) is 11.5. The minimum atomic E-state index is -0.453. The van der Waals surface area contributed by atoms with Gasteiger partial charge in [0.25, 0.3) is 0 Å². The van der Waals surface area contributed by atoms with E-state index < -0.39 is 5.97 Å². The Hall–Kier alpha value is -1.07. The molecule has 0 amide bonds. The molecule has 0 saturated carbocycles. The SMILES string of the molecule is CCO/C=C(\COOCC)C(=O)OCC. The van der Waals surface area contributed by atoms with E-state index in [1.54, 1.807) is 13.8 Å². The third-order valence-corrected chi connectivity index (χ3v) is 1.35. The molecule has 15 heavy (non-hydrogen) atoms. The number of hydrogen-bond donors (Lipinski definition) is 0. The van der Waals surface area contributed by atoms with Crippen molar-refractivity contribution in [2.45, 2.75) is 20.8 Å². The molecule has 0 bridgehead atoms. The Bertz CT molecular complexity index is 200. The number of esters is 1. The lowest BCUT2D eigenvalue weighted by atomic mass is 10.3. The highest BCUT2D eigenvalue weighted by Gasteiger charge is 2.11. The fourth-order valence-electron chi connectivity index (χ4n) is 0.737. The third kappa shape index (κ3) is 6.93. The predicted octanol–water partition coefficient (Wildman–Crippen LogP) is 1.44. The maximum absolute atomic E-state index is 11.3. The molecule has 88 valence electrons. The molecule has 0 atom stereocenters. The van der Waals surface area contributed by atoms with Crippen LogP contribution < -0.4 is 0 Å². The standard InChI is InChI=1S/C10H18O5/c1-4-12-7-9(8-15-14-6-3)10(11)13-5-2/h7H,4-6,8H2,1-3H3/b9-7+. The summed E-state index contributed by atoms with van der Waals surface area (Å²) >= 11 is 0. The topological polar surface area (TPSA) is 54.0 Å². The summed E-state index contributed by atoms with van der Waals surface area (Å²) in [5, 5.41) is 0. The highest BCUT2D eigenvalue weighted by molar-refractivity contribution is 5.88. The summed E-state index contributed by atoms with van der Waals surface area (Å²) in [5.41, 5.74) is 0.298. The molecule has 0 aliphatic rings. The minimum absolute atomic E-state index is 0.0205. The minimum Gasteiger partial charge on any atom is -0.501 e. The molecule has 0 rings (SSSR count). The molecule has 0 aromatic rings. The predicted molar refractivity (Wildman–Crippen MR) is 53.9 cm³/mol. The molecule has 0 aliphatic carbocycles. The van der Waals surface area contributed by atoms with E-state index in [1.165, 1.54) is 6.26 Å². The van der Waals surface area contributed by atoms with E-state index in [1.807, 2.05) is 6.92 Å². The Labute approximate surface area is 89.9 Å². The summed E-state index contributed by atoms with van der Waals surface area (Å²) in [7, 11) is 0. The van der Waals surface area contributed by atoms with Crippen LogP contribution in [0.3, 0.4) is 0 Å². The van der Waals surface area contributed by atoms with Gasteiger partial charge in [-0.05, 0) is 20.8 Å². The Morgan fingerprint density at radius 3 is 2.33 bits per heavy atom. The van der Waals surface area contributed by atoms with Crippen LogP contribution in [0.25, 0.3) is 0 Å². The van der Waals surface area contributed by atoms with E-state index >= 15 is 0 Å². The molecule has 0 aromatic heterocycles. The monoisotopic (exact) mass is 218 g/mol. The van der Waals surface area contributed by atoms with Crippen LogP contribution >= 0.6 is 0 Å². The van der Waals surface area contributed by atoms with Crippen LogP contribution in [-0.2, 0) is 24.0 Å². The Morgan fingerprint density at radius 2 is 1.80 bits per heavy atom. The van der Waals surface area contributed by atoms with Gasteiger partial charge in [-0.25, -0.2) is 14.6 Å². The normalized spacial score (nSPS) is 11.3. The second-order valence-electron chi connectivity index (χ2n) is 2.49. The first kappa shape index (κ1) is 13.9. The lowest BCUT2D eigenvalue weighted by molar-refractivity contribution is -0.284. The molecule has 0 aromatic carbocycles. The molecule has 0 N–H and O–H groups in total. The van der Waals surface area contributed by atoms with Crippen molar-refractivity contribution in [3.63, 3.8) is 0 Å². The van der Waals surface area contributed by atoms with Gasteiger partial charge in [-0.15, -0.1) is 0 Å². The smallest absolute Gasteiger partial charge is 0.339 e. The average molecular weight is 218 g/mol. The van der Waals surface area contributed by atoms with Crippen molar-refractivity contribution in [2.75, 3.05) is 26.4 Å². The van der Waals surface area contributed by atoms with Crippen LogP contribution in [0, 0.1) is 0 Å². The van der Waals surface area contributed by atoms with Gasteiger partial charge in [0.1, 0.15) is 12.2 Å². The summed E-state index contributed by atoms with van der Waals surface area (Å²) < 4.78 is 9.80. The summed E-state index contributed by atoms with van der Waals surface area (Å²) in [6.07, 6.45) is 1.33. The van der Waals surface area contributed by atoms with E-state index in [0.29, 0.717) is 25.4 Å². The van der Waals surface area contributed by atoms with Crippen molar-refractivity contribution in [1.29, 1.82) is 0 Å². The number of carbonyl (C=O) groups excluding carboxylic acids is 1. The number of carbonyl (C=O) groups is 1. The lowest BCUT2D eigenvalue weighted by Gasteiger charge is -2.06. The molecule has 5 heteroatoms. The second-order valence-corrected chi connectivity index (χ2v) is 2.49.